The molecule has 0 saturated heterocycles. The number of hydrogen-bond donors (Lipinski definition) is 0. The highest BCUT2D eigenvalue weighted by atomic mass is 19.1. The topological polar surface area (TPSA) is 33.5 Å². The van der Waals surface area contributed by atoms with Crippen molar-refractivity contribution in [2.24, 2.45) is 0 Å². The first-order valence-electron chi connectivity index (χ1n) is 17.7. The van der Waals surface area contributed by atoms with E-state index in [1.54, 1.807) is 0 Å². The third-order valence-electron chi connectivity index (χ3n) is 10.0. The molecule has 0 aliphatic carbocycles. The van der Waals surface area contributed by atoms with E-state index < -0.39 is 0 Å². The lowest BCUT2D eigenvalue weighted by molar-refractivity contribution is 0.483. The Hall–Kier alpha value is -6.40. The molecular formula is C46H37FN4O. The van der Waals surface area contributed by atoms with Crippen LogP contribution in [-0.4, -0.2) is 16.2 Å². The van der Waals surface area contributed by atoms with Gasteiger partial charge in [0.15, 0.2) is 0 Å². The van der Waals surface area contributed by atoms with Crippen LogP contribution in [0.5, 0.6) is 11.5 Å². The zero-order chi connectivity index (χ0) is 35.3. The molecular weight excluding hydrogens is 644 g/mol. The summed E-state index contributed by atoms with van der Waals surface area (Å²) < 4.78 is 23.0. The van der Waals surface area contributed by atoms with Gasteiger partial charge in [-0.2, -0.15) is 0 Å². The Morgan fingerprint density at radius 2 is 1.33 bits per heavy atom. The maximum atomic E-state index is 13.9. The standard InChI is InChI=1S/C46H37FN4O/c1-30(2)33-22-23-48-46(26-33)51-42-9-5-4-8-40(42)41-21-20-38(28-45(41)51)52-39-25-34(32-14-12-31(3)13-15-32)24-37(27-39)50-29-49(36-18-16-35(47)17-19-36)43-10-6-7-11-44(43)50/h4-28,30H,29H2,1-3H3. The molecule has 0 fully saturated rings. The van der Waals surface area contributed by atoms with Crippen molar-refractivity contribution >= 4 is 44.6 Å². The number of benzene rings is 6. The minimum atomic E-state index is -0.250. The zero-order valence-electron chi connectivity index (χ0n) is 29.3. The monoisotopic (exact) mass is 680 g/mol. The second-order valence-corrected chi connectivity index (χ2v) is 13.8. The van der Waals surface area contributed by atoms with Crippen LogP contribution < -0.4 is 14.5 Å². The van der Waals surface area contributed by atoms with E-state index in [1.807, 2.05) is 24.4 Å². The summed E-state index contributed by atoms with van der Waals surface area (Å²) in [6.07, 6.45) is 1.90. The second kappa shape index (κ2) is 12.7. The molecule has 0 atom stereocenters. The summed E-state index contributed by atoms with van der Waals surface area (Å²) in [6, 6.07) is 49.1. The lowest BCUT2D eigenvalue weighted by Gasteiger charge is -2.23. The highest BCUT2D eigenvalue weighted by Gasteiger charge is 2.28. The van der Waals surface area contributed by atoms with Crippen LogP contribution >= 0.6 is 0 Å². The molecule has 3 heterocycles. The normalized spacial score (nSPS) is 12.6. The average molecular weight is 681 g/mol. The number of aromatic nitrogens is 2. The Labute approximate surface area is 302 Å². The van der Waals surface area contributed by atoms with Gasteiger partial charge < -0.3 is 14.5 Å². The van der Waals surface area contributed by atoms with Gasteiger partial charge in [-0.15, -0.1) is 0 Å². The van der Waals surface area contributed by atoms with Crippen molar-refractivity contribution in [3.63, 3.8) is 0 Å². The molecule has 2 aromatic heterocycles. The fourth-order valence-electron chi connectivity index (χ4n) is 7.30. The zero-order valence-corrected chi connectivity index (χ0v) is 29.3. The predicted octanol–water partition coefficient (Wildman–Crippen LogP) is 12.5. The van der Waals surface area contributed by atoms with Gasteiger partial charge in [-0.1, -0.05) is 74.0 Å². The number of rotatable bonds is 7. The van der Waals surface area contributed by atoms with Crippen molar-refractivity contribution in [1.82, 2.24) is 9.55 Å². The van der Waals surface area contributed by atoms with Gasteiger partial charge in [0.05, 0.1) is 22.4 Å². The van der Waals surface area contributed by atoms with Crippen LogP contribution in [0.15, 0.2) is 152 Å². The van der Waals surface area contributed by atoms with E-state index in [1.165, 1.54) is 28.6 Å². The molecule has 5 nitrogen and oxygen atoms in total. The van der Waals surface area contributed by atoms with E-state index in [2.05, 4.69) is 150 Å². The van der Waals surface area contributed by atoms with Gasteiger partial charge in [-0.05, 0) is 108 Å². The van der Waals surface area contributed by atoms with Crippen molar-refractivity contribution < 1.29 is 9.13 Å². The van der Waals surface area contributed by atoms with Gasteiger partial charge in [0, 0.05) is 40.5 Å². The molecule has 0 amide bonds. The highest BCUT2D eigenvalue weighted by molar-refractivity contribution is 6.09. The van der Waals surface area contributed by atoms with Gasteiger partial charge >= 0.3 is 0 Å². The summed E-state index contributed by atoms with van der Waals surface area (Å²) >= 11 is 0. The molecule has 0 saturated carbocycles. The summed E-state index contributed by atoms with van der Waals surface area (Å²) in [5.41, 5.74) is 10.8. The van der Waals surface area contributed by atoms with Gasteiger partial charge in [0.1, 0.15) is 29.8 Å². The molecule has 8 aromatic rings. The van der Waals surface area contributed by atoms with Crippen LogP contribution in [0.25, 0.3) is 38.8 Å². The molecule has 52 heavy (non-hydrogen) atoms. The van der Waals surface area contributed by atoms with Crippen LogP contribution in [0.2, 0.25) is 0 Å². The van der Waals surface area contributed by atoms with Crippen molar-refractivity contribution in [1.29, 1.82) is 0 Å². The molecule has 9 rings (SSSR count). The Morgan fingerprint density at radius 1 is 0.615 bits per heavy atom. The fourth-order valence-corrected chi connectivity index (χ4v) is 7.30. The molecule has 1 aliphatic rings. The summed E-state index contributed by atoms with van der Waals surface area (Å²) in [7, 11) is 0. The third-order valence-corrected chi connectivity index (χ3v) is 10.0. The lowest BCUT2D eigenvalue weighted by Crippen LogP contribution is -2.24. The molecule has 0 spiro atoms. The number of anilines is 4. The number of halogens is 1. The largest absolute Gasteiger partial charge is 0.457 e. The van der Waals surface area contributed by atoms with Gasteiger partial charge in [0.25, 0.3) is 0 Å². The molecule has 0 unspecified atom stereocenters. The third kappa shape index (κ3) is 5.63. The van der Waals surface area contributed by atoms with Crippen LogP contribution in [0.3, 0.4) is 0 Å². The minimum absolute atomic E-state index is 0.250. The van der Waals surface area contributed by atoms with Crippen molar-refractivity contribution in [2.45, 2.75) is 26.7 Å². The molecule has 6 aromatic carbocycles. The Bertz CT molecular complexity index is 2590. The fraction of sp³-hybridized carbons (Fsp3) is 0.109. The highest BCUT2D eigenvalue weighted by Crippen LogP contribution is 2.46. The van der Waals surface area contributed by atoms with Crippen molar-refractivity contribution in [3.8, 4) is 28.4 Å². The number of ether oxygens (including phenoxy) is 1. The number of fused-ring (bicyclic) bond motifs is 4. The number of aryl methyl sites for hydroxylation is 1. The number of nitrogens with zero attached hydrogens (tertiary/aromatic N) is 4. The van der Waals surface area contributed by atoms with E-state index >= 15 is 0 Å². The summed E-state index contributed by atoms with van der Waals surface area (Å²) in [6.45, 7) is 7.08. The van der Waals surface area contributed by atoms with E-state index in [-0.39, 0.29) is 5.82 Å². The van der Waals surface area contributed by atoms with Crippen molar-refractivity contribution in [3.05, 3.63) is 169 Å². The summed E-state index contributed by atoms with van der Waals surface area (Å²) in [5.74, 6) is 2.48. The van der Waals surface area contributed by atoms with Gasteiger partial charge in [-0.25, -0.2) is 9.37 Å². The number of para-hydroxylation sites is 3. The first-order chi connectivity index (χ1) is 25.4. The number of pyridine rings is 1. The minimum Gasteiger partial charge on any atom is -0.457 e. The van der Waals surface area contributed by atoms with Crippen LogP contribution in [0.4, 0.5) is 27.1 Å². The van der Waals surface area contributed by atoms with Gasteiger partial charge in [-0.3, -0.25) is 4.57 Å². The number of hydrogen-bond acceptors (Lipinski definition) is 4. The van der Waals surface area contributed by atoms with Crippen LogP contribution in [-0.2, 0) is 0 Å². The summed E-state index contributed by atoms with van der Waals surface area (Å²) in [5, 5.41) is 2.31. The SMILES string of the molecule is Cc1ccc(-c2cc(Oc3ccc4c5ccccc5n(-c5cc(C(C)C)ccn5)c4c3)cc(N3CN(c4ccc(F)cc4)c4ccccc43)c2)cc1. The predicted molar refractivity (Wildman–Crippen MR) is 211 cm³/mol. The van der Waals surface area contributed by atoms with Crippen LogP contribution in [0.1, 0.15) is 30.9 Å². The maximum Gasteiger partial charge on any atom is 0.137 e. The quantitative estimate of drug-likeness (QED) is 0.168. The van der Waals surface area contributed by atoms with E-state index in [4.69, 9.17) is 9.72 Å². The van der Waals surface area contributed by atoms with E-state index in [0.717, 1.165) is 67.6 Å². The Kier molecular flexibility index (Phi) is 7.73. The smallest absolute Gasteiger partial charge is 0.137 e. The van der Waals surface area contributed by atoms with Gasteiger partial charge in [0.2, 0.25) is 0 Å². The molecule has 0 radical (unpaired) electrons. The lowest BCUT2D eigenvalue weighted by atomic mass is 10.0. The first-order valence-corrected chi connectivity index (χ1v) is 17.7. The second-order valence-electron chi connectivity index (χ2n) is 13.8. The summed E-state index contributed by atoms with van der Waals surface area (Å²) in [4.78, 5) is 9.33. The molecule has 0 N–H and O–H groups in total. The van der Waals surface area contributed by atoms with Crippen LogP contribution in [0, 0.1) is 12.7 Å². The average Bonchev–Trinajstić information content (AvgIpc) is 3.71. The molecule has 6 heteroatoms. The molecule has 254 valence electrons. The Balaban J connectivity index is 1.16. The maximum absolute atomic E-state index is 13.9. The Morgan fingerprint density at radius 3 is 2.10 bits per heavy atom. The first kappa shape index (κ1) is 31.6. The molecule has 0 bridgehead atoms. The van der Waals surface area contributed by atoms with E-state index in [0.29, 0.717) is 12.6 Å². The van der Waals surface area contributed by atoms with E-state index in [9.17, 15) is 4.39 Å². The molecule has 1 aliphatic heterocycles. The van der Waals surface area contributed by atoms with Crippen molar-refractivity contribution in [2.75, 3.05) is 16.5 Å².